The molecule has 2 aliphatic rings. The lowest BCUT2D eigenvalue weighted by molar-refractivity contribution is 0.1000. The second-order valence-electron chi connectivity index (χ2n) is 7.48. The van der Waals surface area contributed by atoms with Crippen molar-refractivity contribution in [1.82, 2.24) is 20.0 Å². The number of fused-ring (bicyclic) bond motifs is 1. The van der Waals surface area contributed by atoms with Crippen LogP contribution in [0.5, 0.6) is 0 Å². The smallest absolute Gasteiger partial charge is 0.195 e. The normalized spacial score (nSPS) is 22.4. The minimum Gasteiger partial charge on any atom is -0.356 e. The molecule has 2 fully saturated rings. The fourth-order valence-corrected chi connectivity index (χ4v) is 3.96. The van der Waals surface area contributed by atoms with Crippen LogP contribution in [-0.4, -0.2) is 33.6 Å². The molecule has 140 valence electrons. The van der Waals surface area contributed by atoms with Gasteiger partial charge in [-0.25, -0.2) is 4.98 Å². The monoisotopic (exact) mass is 372 g/mol. The van der Waals surface area contributed by atoms with Crippen LogP contribution in [-0.2, 0) is 6.54 Å². The van der Waals surface area contributed by atoms with E-state index in [0.29, 0.717) is 24.0 Å². The second-order valence-corrected chi connectivity index (χ2v) is 7.48. The summed E-state index contributed by atoms with van der Waals surface area (Å²) >= 11 is 0. The van der Waals surface area contributed by atoms with Crippen molar-refractivity contribution in [3.63, 3.8) is 0 Å². The Kier molecular flexibility index (Phi) is 4.10. The SMILES string of the molecule is CC(=O)c1nccn1Cc1cc(-c2ccc(C#CC3C4CNC[C@H]34)cc2)on1. The summed E-state index contributed by atoms with van der Waals surface area (Å²) in [6.07, 6.45) is 3.38. The molecule has 28 heavy (non-hydrogen) atoms. The Bertz CT molecular complexity index is 1070. The van der Waals surface area contributed by atoms with E-state index in [0.717, 1.165) is 41.7 Å². The van der Waals surface area contributed by atoms with Crippen LogP contribution in [0.15, 0.2) is 47.2 Å². The van der Waals surface area contributed by atoms with Crippen molar-refractivity contribution < 1.29 is 9.32 Å². The largest absolute Gasteiger partial charge is 0.356 e. The number of piperidine rings is 1. The maximum Gasteiger partial charge on any atom is 0.195 e. The van der Waals surface area contributed by atoms with Crippen molar-refractivity contribution in [1.29, 1.82) is 0 Å². The molecule has 1 aliphatic heterocycles. The van der Waals surface area contributed by atoms with Gasteiger partial charge >= 0.3 is 0 Å². The Morgan fingerprint density at radius 2 is 2.07 bits per heavy atom. The van der Waals surface area contributed by atoms with Crippen molar-refractivity contribution in [3.05, 3.63) is 59.8 Å². The highest BCUT2D eigenvalue weighted by Gasteiger charge is 2.51. The minimum absolute atomic E-state index is 0.0727. The van der Waals surface area contributed by atoms with E-state index in [9.17, 15) is 4.79 Å². The number of hydrogen-bond donors (Lipinski definition) is 1. The molecule has 0 bridgehead atoms. The van der Waals surface area contributed by atoms with Gasteiger partial charge in [0, 0.05) is 42.4 Å². The van der Waals surface area contributed by atoms with Crippen molar-refractivity contribution in [2.45, 2.75) is 13.5 Å². The average Bonchev–Trinajstić information content (AvgIpc) is 3.21. The molecular formula is C22H20N4O2. The van der Waals surface area contributed by atoms with Crippen molar-refractivity contribution in [3.8, 4) is 23.2 Å². The molecule has 1 saturated carbocycles. The molecule has 1 N–H and O–H groups in total. The van der Waals surface area contributed by atoms with Gasteiger partial charge < -0.3 is 14.4 Å². The van der Waals surface area contributed by atoms with Crippen molar-refractivity contribution in [2.75, 3.05) is 13.1 Å². The molecule has 2 aromatic heterocycles. The summed E-state index contributed by atoms with van der Waals surface area (Å²) in [6.45, 7) is 4.18. The molecule has 0 spiro atoms. The zero-order valence-corrected chi connectivity index (χ0v) is 15.6. The van der Waals surface area contributed by atoms with Crippen LogP contribution < -0.4 is 5.32 Å². The van der Waals surface area contributed by atoms with Gasteiger partial charge in [0.05, 0.1) is 6.54 Å². The molecule has 2 unspecified atom stereocenters. The Morgan fingerprint density at radius 3 is 2.82 bits per heavy atom. The highest BCUT2D eigenvalue weighted by molar-refractivity contribution is 5.90. The Hall–Kier alpha value is -3.17. The highest BCUT2D eigenvalue weighted by atomic mass is 16.5. The number of benzene rings is 1. The lowest BCUT2D eigenvalue weighted by Crippen LogP contribution is -2.13. The first-order valence-electron chi connectivity index (χ1n) is 9.49. The van der Waals surface area contributed by atoms with Crippen molar-refractivity contribution in [2.24, 2.45) is 17.8 Å². The molecule has 3 atom stereocenters. The van der Waals surface area contributed by atoms with Gasteiger partial charge in [-0.3, -0.25) is 4.79 Å². The first kappa shape index (κ1) is 17.0. The highest BCUT2D eigenvalue weighted by Crippen LogP contribution is 2.48. The molecule has 1 saturated heterocycles. The van der Waals surface area contributed by atoms with Crippen LogP contribution in [0, 0.1) is 29.6 Å². The first-order chi connectivity index (χ1) is 13.7. The van der Waals surface area contributed by atoms with Crippen LogP contribution in [0.1, 0.15) is 28.8 Å². The summed E-state index contributed by atoms with van der Waals surface area (Å²) in [7, 11) is 0. The number of aromatic nitrogens is 3. The van der Waals surface area contributed by atoms with E-state index in [4.69, 9.17) is 4.52 Å². The number of rotatable bonds is 4. The van der Waals surface area contributed by atoms with Crippen LogP contribution in [0.2, 0.25) is 0 Å². The number of carbonyl (C=O) groups is 1. The quantitative estimate of drug-likeness (QED) is 0.563. The third-order valence-electron chi connectivity index (χ3n) is 5.57. The molecule has 1 aromatic carbocycles. The molecule has 0 radical (unpaired) electrons. The number of Topliss-reactive ketones (excluding diaryl/α,β-unsaturated/α-hetero) is 1. The zero-order valence-electron chi connectivity index (χ0n) is 15.6. The topological polar surface area (TPSA) is 73.0 Å². The second kappa shape index (κ2) is 6.77. The molecule has 3 heterocycles. The first-order valence-corrected chi connectivity index (χ1v) is 9.49. The van der Waals surface area contributed by atoms with Gasteiger partial charge in [0.2, 0.25) is 0 Å². The van der Waals surface area contributed by atoms with Gasteiger partial charge in [0.1, 0.15) is 5.69 Å². The number of ketones is 1. The van der Waals surface area contributed by atoms with Crippen molar-refractivity contribution >= 4 is 5.78 Å². The molecule has 6 heteroatoms. The van der Waals surface area contributed by atoms with Crippen LogP contribution in [0.25, 0.3) is 11.3 Å². The summed E-state index contributed by atoms with van der Waals surface area (Å²) in [5, 5.41) is 7.52. The third kappa shape index (κ3) is 3.14. The summed E-state index contributed by atoms with van der Waals surface area (Å²) < 4.78 is 7.26. The van der Waals surface area contributed by atoms with E-state index in [2.05, 4.69) is 27.3 Å². The van der Waals surface area contributed by atoms with E-state index in [1.165, 1.54) is 6.92 Å². The summed E-state index contributed by atoms with van der Waals surface area (Å²) in [5.41, 5.74) is 2.72. The van der Waals surface area contributed by atoms with Crippen LogP contribution in [0.4, 0.5) is 0 Å². The molecular weight excluding hydrogens is 352 g/mol. The van der Waals surface area contributed by atoms with E-state index < -0.39 is 0 Å². The average molecular weight is 372 g/mol. The lowest BCUT2D eigenvalue weighted by Gasteiger charge is -2.01. The fourth-order valence-electron chi connectivity index (χ4n) is 3.96. The van der Waals surface area contributed by atoms with E-state index >= 15 is 0 Å². The van der Waals surface area contributed by atoms with Gasteiger partial charge in [0.25, 0.3) is 0 Å². The fraction of sp³-hybridized carbons (Fsp3) is 0.318. The lowest BCUT2D eigenvalue weighted by atomic mass is 10.1. The van der Waals surface area contributed by atoms with Gasteiger partial charge in [-0.1, -0.05) is 17.0 Å². The molecule has 0 amide bonds. The number of imidazole rings is 1. The molecule has 5 rings (SSSR count). The molecule has 6 nitrogen and oxygen atoms in total. The third-order valence-corrected chi connectivity index (χ3v) is 5.57. The predicted octanol–water partition coefficient (Wildman–Crippen LogP) is 2.61. The Labute approximate surface area is 162 Å². The summed E-state index contributed by atoms with van der Waals surface area (Å²) in [4.78, 5) is 15.7. The number of nitrogens with zero attached hydrogens (tertiary/aromatic N) is 3. The van der Waals surface area contributed by atoms with E-state index in [1.54, 1.807) is 17.0 Å². The van der Waals surface area contributed by atoms with Crippen LogP contribution >= 0.6 is 0 Å². The Morgan fingerprint density at radius 1 is 1.29 bits per heavy atom. The van der Waals surface area contributed by atoms with Gasteiger partial charge in [-0.05, 0) is 49.2 Å². The standard InChI is InChI=1S/C22H20N4O2/c1-14(27)22-24-8-9-26(22)13-17-10-21(28-25-17)16-5-2-15(3-6-16)4-7-18-19-11-23-12-20(18)19/h2-3,5-6,8-10,18-20,23H,11-13H2,1H3/t18?,19-,20?/m1/s1. The van der Waals surface area contributed by atoms with Crippen LogP contribution in [0.3, 0.4) is 0 Å². The van der Waals surface area contributed by atoms with E-state index in [-0.39, 0.29) is 5.78 Å². The number of carbonyl (C=O) groups excluding carboxylic acids is 1. The van der Waals surface area contributed by atoms with Gasteiger partial charge in [0.15, 0.2) is 17.4 Å². The maximum absolute atomic E-state index is 11.6. The molecule has 3 aromatic rings. The maximum atomic E-state index is 11.6. The predicted molar refractivity (Wildman–Crippen MR) is 103 cm³/mol. The summed E-state index contributed by atoms with van der Waals surface area (Å²) in [6, 6.07) is 9.93. The molecule has 1 aliphatic carbocycles. The number of nitrogens with one attached hydrogen (secondary N) is 1. The minimum atomic E-state index is -0.0727. The van der Waals surface area contributed by atoms with E-state index in [1.807, 2.05) is 30.3 Å². The van der Waals surface area contributed by atoms with Gasteiger partial charge in [-0.15, -0.1) is 0 Å². The zero-order chi connectivity index (χ0) is 19.1. The Balaban J connectivity index is 1.27. The summed E-state index contributed by atoms with van der Waals surface area (Å²) in [5.74, 6) is 9.85. The number of hydrogen-bond acceptors (Lipinski definition) is 5. The van der Waals surface area contributed by atoms with Gasteiger partial charge in [-0.2, -0.15) is 0 Å².